The molecule has 0 bridgehead atoms. The molecular formula is C15H14F2O2. The Morgan fingerprint density at radius 3 is 2.42 bits per heavy atom. The summed E-state index contributed by atoms with van der Waals surface area (Å²) in [6.45, 7) is 0.100. The van der Waals surface area contributed by atoms with Gasteiger partial charge in [-0.05, 0) is 29.8 Å². The van der Waals surface area contributed by atoms with Crippen molar-refractivity contribution in [1.82, 2.24) is 0 Å². The molecule has 0 saturated carbocycles. The Labute approximate surface area is 110 Å². The summed E-state index contributed by atoms with van der Waals surface area (Å²) in [4.78, 5) is 0. The smallest absolute Gasteiger partial charge is 0.159 e. The first-order valence-electron chi connectivity index (χ1n) is 5.95. The summed E-state index contributed by atoms with van der Waals surface area (Å²) in [5.41, 5.74) is 0.531. The fraction of sp³-hybridized carbons (Fsp3) is 0.200. The van der Waals surface area contributed by atoms with Crippen LogP contribution in [0.4, 0.5) is 8.78 Å². The molecule has 0 fully saturated rings. The first kappa shape index (κ1) is 13.5. The van der Waals surface area contributed by atoms with Gasteiger partial charge in [-0.25, -0.2) is 8.78 Å². The Balaban J connectivity index is 1.87. The first-order chi connectivity index (χ1) is 9.15. The first-order valence-corrected chi connectivity index (χ1v) is 5.95. The minimum absolute atomic E-state index is 0.100. The summed E-state index contributed by atoms with van der Waals surface area (Å²) in [6.07, 6.45) is -0.561. The molecule has 19 heavy (non-hydrogen) atoms. The number of aliphatic hydroxyl groups excluding tert-OH is 1. The Bertz CT molecular complexity index is 529. The molecule has 2 nitrogen and oxygen atoms in total. The van der Waals surface area contributed by atoms with Gasteiger partial charge in [-0.1, -0.05) is 24.3 Å². The van der Waals surface area contributed by atoms with Gasteiger partial charge >= 0.3 is 0 Å². The Morgan fingerprint density at radius 1 is 1.00 bits per heavy atom. The summed E-state index contributed by atoms with van der Waals surface area (Å²) in [5, 5.41) is 9.78. The van der Waals surface area contributed by atoms with E-state index in [9.17, 15) is 13.9 Å². The minimum Gasteiger partial charge on any atom is -0.491 e. The van der Waals surface area contributed by atoms with Crippen molar-refractivity contribution in [2.45, 2.75) is 12.5 Å². The molecule has 4 heteroatoms. The zero-order valence-electron chi connectivity index (χ0n) is 10.2. The highest BCUT2D eigenvalue weighted by atomic mass is 19.2. The number of benzene rings is 2. The van der Waals surface area contributed by atoms with Crippen molar-refractivity contribution >= 4 is 0 Å². The van der Waals surface area contributed by atoms with Gasteiger partial charge in [-0.2, -0.15) is 0 Å². The lowest BCUT2D eigenvalue weighted by atomic mass is 10.1. The van der Waals surface area contributed by atoms with Gasteiger partial charge in [0.1, 0.15) is 12.4 Å². The van der Waals surface area contributed by atoms with E-state index in [1.54, 1.807) is 12.1 Å². The number of ether oxygens (including phenoxy) is 1. The average molecular weight is 264 g/mol. The lowest BCUT2D eigenvalue weighted by molar-refractivity contribution is 0.107. The predicted molar refractivity (Wildman–Crippen MR) is 68.0 cm³/mol. The molecule has 0 spiro atoms. The molecule has 2 aromatic carbocycles. The number of para-hydroxylation sites is 1. The third kappa shape index (κ3) is 4.03. The normalized spacial score (nSPS) is 12.2. The largest absolute Gasteiger partial charge is 0.491 e. The standard InChI is InChI=1S/C15H14F2O2/c16-14-7-6-11(9-15(14)17)8-12(18)10-19-13-4-2-1-3-5-13/h1-7,9,12,18H,8,10H2. The zero-order valence-corrected chi connectivity index (χ0v) is 10.2. The molecule has 0 heterocycles. The van der Waals surface area contributed by atoms with Crippen LogP contribution in [0.1, 0.15) is 5.56 Å². The monoisotopic (exact) mass is 264 g/mol. The third-order valence-corrected chi connectivity index (χ3v) is 2.64. The highest BCUT2D eigenvalue weighted by Crippen LogP contribution is 2.12. The molecular weight excluding hydrogens is 250 g/mol. The van der Waals surface area contributed by atoms with Crippen LogP contribution in [0, 0.1) is 11.6 Å². The molecule has 0 amide bonds. The molecule has 1 atom stereocenters. The van der Waals surface area contributed by atoms with Crippen molar-refractivity contribution in [3.8, 4) is 5.75 Å². The van der Waals surface area contributed by atoms with Crippen LogP contribution in [0.15, 0.2) is 48.5 Å². The highest BCUT2D eigenvalue weighted by Gasteiger charge is 2.09. The fourth-order valence-electron chi connectivity index (χ4n) is 1.71. The summed E-state index contributed by atoms with van der Waals surface area (Å²) < 4.78 is 31.1. The molecule has 100 valence electrons. The van der Waals surface area contributed by atoms with Crippen molar-refractivity contribution in [2.75, 3.05) is 6.61 Å². The number of hydrogen-bond donors (Lipinski definition) is 1. The molecule has 0 aliphatic rings. The van der Waals surface area contributed by atoms with Crippen molar-refractivity contribution in [2.24, 2.45) is 0 Å². The van der Waals surface area contributed by atoms with E-state index in [1.165, 1.54) is 6.07 Å². The topological polar surface area (TPSA) is 29.5 Å². The van der Waals surface area contributed by atoms with Gasteiger partial charge < -0.3 is 9.84 Å². The van der Waals surface area contributed by atoms with Gasteiger partial charge in [0, 0.05) is 6.42 Å². The minimum atomic E-state index is -0.909. The third-order valence-electron chi connectivity index (χ3n) is 2.64. The van der Waals surface area contributed by atoms with Crippen molar-refractivity contribution in [3.63, 3.8) is 0 Å². The fourth-order valence-corrected chi connectivity index (χ4v) is 1.71. The van der Waals surface area contributed by atoms with E-state index in [0.29, 0.717) is 11.3 Å². The summed E-state index contributed by atoms with van der Waals surface area (Å²) in [7, 11) is 0. The van der Waals surface area contributed by atoms with E-state index in [1.807, 2.05) is 18.2 Å². The number of aliphatic hydroxyl groups is 1. The summed E-state index contributed by atoms with van der Waals surface area (Å²) in [6, 6.07) is 12.7. The van der Waals surface area contributed by atoms with Crippen LogP contribution in [0.25, 0.3) is 0 Å². The molecule has 0 aromatic heterocycles. The highest BCUT2D eigenvalue weighted by molar-refractivity contribution is 5.21. The molecule has 2 rings (SSSR count). The molecule has 0 aliphatic carbocycles. The van der Waals surface area contributed by atoms with E-state index in [2.05, 4.69) is 0 Å². The van der Waals surface area contributed by atoms with Gasteiger partial charge in [0.05, 0.1) is 6.10 Å². The van der Waals surface area contributed by atoms with Crippen molar-refractivity contribution < 1.29 is 18.6 Å². The lowest BCUT2D eigenvalue weighted by Gasteiger charge is -2.12. The predicted octanol–water partition coefficient (Wildman–Crippen LogP) is 2.95. The Hall–Kier alpha value is -1.94. The van der Waals surface area contributed by atoms with Crippen LogP contribution in [-0.2, 0) is 6.42 Å². The maximum atomic E-state index is 13.0. The van der Waals surface area contributed by atoms with Crippen LogP contribution in [-0.4, -0.2) is 17.8 Å². The van der Waals surface area contributed by atoms with E-state index < -0.39 is 17.7 Å². The maximum Gasteiger partial charge on any atom is 0.159 e. The Kier molecular flexibility index (Phi) is 4.47. The van der Waals surface area contributed by atoms with Gasteiger partial charge in [-0.15, -0.1) is 0 Å². The quantitative estimate of drug-likeness (QED) is 0.899. The maximum absolute atomic E-state index is 13.0. The molecule has 0 aliphatic heterocycles. The van der Waals surface area contributed by atoms with Gasteiger partial charge in [-0.3, -0.25) is 0 Å². The number of halogens is 2. The second kappa shape index (κ2) is 6.29. The van der Waals surface area contributed by atoms with Crippen molar-refractivity contribution in [1.29, 1.82) is 0 Å². The second-order valence-electron chi connectivity index (χ2n) is 4.23. The molecule has 0 saturated heterocycles. The molecule has 1 unspecified atom stereocenters. The van der Waals surface area contributed by atoms with E-state index >= 15 is 0 Å². The van der Waals surface area contributed by atoms with Crippen LogP contribution < -0.4 is 4.74 Å². The summed E-state index contributed by atoms with van der Waals surface area (Å²) in [5.74, 6) is -1.14. The number of rotatable bonds is 5. The summed E-state index contributed by atoms with van der Waals surface area (Å²) >= 11 is 0. The van der Waals surface area contributed by atoms with Crippen LogP contribution in [0.3, 0.4) is 0 Å². The van der Waals surface area contributed by atoms with E-state index in [0.717, 1.165) is 12.1 Å². The van der Waals surface area contributed by atoms with Gasteiger partial charge in [0.2, 0.25) is 0 Å². The number of hydrogen-bond acceptors (Lipinski definition) is 2. The van der Waals surface area contributed by atoms with Crippen LogP contribution in [0.5, 0.6) is 5.75 Å². The van der Waals surface area contributed by atoms with Crippen molar-refractivity contribution in [3.05, 3.63) is 65.7 Å². The van der Waals surface area contributed by atoms with Gasteiger partial charge in [0.15, 0.2) is 11.6 Å². The van der Waals surface area contributed by atoms with E-state index in [4.69, 9.17) is 4.74 Å². The average Bonchev–Trinajstić information content (AvgIpc) is 2.42. The molecule has 1 N–H and O–H groups in total. The SMILES string of the molecule is OC(COc1ccccc1)Cc1ccc(F)c(F)c1. The van der Waals surface area contributed by atoms with E-state index in [-0.39, 0.29) is 13.0 Å². The zero-order chi connectivity index (χ0) is 13.7. The second-order valence-corrected chi connectivity index (χ2v) is 4.23. The van der Waals surface area contributed by atoms with Crippen LogP contribution >= 0.6 is 0 Å². The van der Waals surface area contributed by atoms with Crippen LogP contribution in [0.2, 0.25) is 0 Å². The van der Waals surface area contributed by atoms with Gasteiger partial charge in [0.25, 0.3) is 0 Å². The lowest BCUT2D eigenvalue weighted by Crippen LogP contribution is -2.20. The molecule has 0 radical (unpaired) electrons. The Morgan fingerprint density at radius 2 is 1.74 bits per heavy atom. The molecule has 2 aromatic rings.